The summed E-state index contributed by atoms with van der Waals surface area (Å²) >= 11 is 0. The smallest absolute Gasteiger partial charge is 0.255 e. The Morgan fingerprint density at radius 1 is 1.53 bits per heavy atom. The van der Waals surface area contributed by atoms with E-state index < -0.39 is 5.91 Å². The Bertz CT molecular complexity index is 430. The third-order valence-electron chi connectivity index (χ3n) is 3.54. The van der Waals surface area contributed by atoms with Crippen LogP contribution in [0.25, 0.3) is 0 Å². The van der Waals surface area contributed by atoms with E-state index in [1.54, 1.807) is 0 Å². The number of amides is 1. The number of carbonyl (C=O) groups is 1. The predicted molar refractivity (Wildman–Crippen MR) is 76.2 cm³/mol. The Morgan fingerprint density at radius 3 is 2.95 bits per heavy atom. The fourth-order valence-corrected chi connectivity index (χ4v) is 2.40. The summed E-state index contributed by atoms with van der Waals surface area (Å²) in [7, 11) is 0. The Morgan fingerprint density at radius 2 is 2.32 bits per heavy atom. The van der Waals surface area contributed by atoms with Crippen molar-refractivity contribution in [3.63, 3.8) is 0 Å². The van der Waals surface area contributed by atoms with Gasteiger partial charge in [0.25, 0.3) is 5.91 Å². The molecule has 0 heterocycles. The summed E-state index contributed by atoms with van der Waals surface area (Å²) in [6, 6.07) is 8.10. The molecule has 1 amide bonds. The maximum atomic E-state index is 10.7. The van der Waals surface area contributed by atoms with Crippen molar-refractivity contribution in [3.05, 3.63) is 24.3 Å². The first kappa shape index (κ1) is 13.7. The number of primary amides is 1. The summed E-state index contributed by atoms with van der Waals surface area (Å²) in [6.07, 6.45) is 5.34. The van der Waals surface area contributed by atoms with Crippen LogP contribution in [-0.4, -0.2) is 18.6 Å². The second-order valence-corrected chi connectivity index (χ2v) is 5.36. The van der Waals surface area contributed by atoms with Crippen molar-refractivity contribution in [2.24, 2.45) is 11.7 Å². The van der Waals surface area contributed by atoms with Gasteiger partial charge in [-0.1, -0.05) is 25.3 Å². The van der Waals surface area contributed by atoms with Gasteiger partial charge in [0.05, 0.1) is 0 Å². The maximum absolute atomic E-state index is 10.7. The van der Waals surface area contributed by atoms with Crippen molar-refractivity contribution in [3.8, 4) is 5.75 Å². The summed E-state index contributed by atoms with van der Waals surface area (Å²) in [6.45, 7) is 2.12. The predicted octanol–water partition coefficient (Wildman–Crippen LogP) is 2.54. The zero-order valence-corrected chi connectivity index (χ0v) is 11.4. The minimum Gasteiger partial charge on any atom is -0.484 e. The second kappa shape index (κ2) is 6.45. The van der Waals surface area contributed by atoms with Gasteiger partial charge in [-0.25, -0.2) is 0 Å². The van der Waals surface area contributed by atoms with Gasteiger partial charge in [0.2, 0.25) is 0 Å². The Kier molecular flexibility index (Phi) is 4.66. The topological polar surface area (TPSA) is 64.3 Å². The highest BCUT2D eigenvalue weighted by molar-refractivity contribution is 5.75. The molecule has 4 nitrogen and oxygen atoms in total. The molecule has 4 heteroatoms. The number of hydrogen-bond donors (Lipinski definition) is 2. The molecule has 0 radical (unpaired) electrons. The van der Waals surface area contributed by atoms with E-state index in [0.29, 0.717) is 11.8 Å². The third-order valence-corrected chi connectivity index (χ3v) is 3.54. The van der Waals surface area contributed by atoms with E-state index in [1.807, 2.05) is 24.3 Å². The van der Waals surface area contributed by atoms with E-state index in [-0.39, 0.29) is 6.61 Å². The van der Waals surface area contributed by atoms with Gasteiger partial charge in [0, 0.05) is 17.8 Å². The van der Waals surface area contributed by atoms with E-state index in [4.69, 9.17) is 10.5 Å². The van der Waals surface area contributed by atoms with Crippen molar-refractivity contribution in [1.29, 1.82) is 0 Å². The summed E-state index contributed by atoms with van der Waals surface area (Å²) in [5.74, 6) is 1.09. The quantitative estimate of drug-likeness (QED) is 0.793. The molecule has 0 aromatic heterocycles. The molecule has 1 saturated carbocycles. The molecular weight excluding hydrogens is 240 g/mol. The first-order valence-corrected chi connectivity index (χ1v) is 6.91. The van der Waals surface area contributed by atoms with Gasteiger partial charge >= 0.3 is 0 Å². The molecule has 104 valence electrons. The van der Waals surface area contributed by atoms with E-state index in [1.165, 1.54) is 25.7 Å². The lowest BCUT2D eigenvalue weighted by Crippen LogP contribution is -2.23. The van der Waals surface area contributed by atoms with Crippen LogP contribution in [0.15, 0.2) is 24.3 Å². The molecule has 1 aliphatic rings. The molecule has 1 unspecified atom stereocenters. The SMILES string of the molecule is CC(CC1CCC1)Nc1cccc(OCC(N)=O)c1. The van der Waals surface area contributed by atoms with Crippen LogP contribution in [0.5, 0.6) is 5.75 Å². The normalized spacial score (nSPS) is 16.5. The van der Waals surface area contributed by atoms with Crippen molar-refractivity contribution < 1.29 is 9.53 Å². The lowest BCUT2D eigenvalue weighted by molar-refractivity contribution is -0.119. The standard InChI is InChI=1S/C15H22N2O2/c1-11(8-12-4-2-5-12)17-13-6-3-7-14(9-13)19-10-15(16)18/h3,6-7,9,11-12,17H,2,4-5,8,10H2,1H3,(H2,16,18). The summed E-state index contributed by atoms with van der Waals surface area (Å²) in [5.41, 5.74) is 6.08. The van der Waals surface area contributed by atoms with Crippen LogP contribution in [-0.2, 0) is 4.79 Å². The summed E-state index contributed by atoms with van der Waals surface area (Å²) in [5, 5.41) is 3.47. The van der Waals surface area contributed by atoms with Gasteiger partial charge in [0.15, 0.2) is 6.61 Å². The molecule has 19 heavy (non-hydrogen) atoms. The average Bonchev–Trinajstić information content (AvgIpc) is 2.32. The molecule has 1 aromatic carbocycles. The summed E-state index contributed by atoms with van der Waals surface area (Å²) in [4.78, 5) is 10.7. The molecule has 0 spiro atoms. The molecular formula is C15H22N2O2. The van der Waals surface area contributed by atoms with Crippen LogP contribution >= 0.6 is 0 Å². The Hall–Kier alpha value is -1.71. The molecule has 2 rings (SSSR count). The van der Waals surface area contributed by atoms with Gasteiger partial charge in [-0.2, -0.15) is 0 Å². The number of nitrogens with two attached hydrogens (primary N) is 1. The molecule has 3 N–H and O–H groups in total. The van der Waals surface area contributed by atoms with Crippen molar-refractivity contribution in [2.75, 3.05) is 11.9 Å². The molecule has 1 fully saturated rings. The van der Waals surface area contributed by atoms with E-state index >= 15 is 0 Å². The van der Waals surface area contributed by atoms with Crippen LogP contribution in [0.4, 0.5) is 5.69 Å². The fraction of sp³-hybridized carbons (Fsp3) is 0.533. The number of nitrogens with one attached hydrogen (secondary N) is 1. The lowest BCUT2D eigenvalue weighted by Gasteiger charge is -2.29. The van der Waals surface area contributed by atoms with Gasteiger partial charge in [-0.3, -0.25) is 4.79 Å². The van der Waals surface area contributed by atoms with Gasteiger partial charge in [0.1, 0.15) is 5.75 Å². The second-order valence-electron chi connectivity index (χ2n) is 5.36. The van der Waals surface area contributed by atoms with Crippen LogP contribution in [0.1, 0.15) is 32.6 Å². The highest BCUT2D eigenvalue weighted by atomic mass is 16.5. The monoisotopic (exact) mass is 262 g/mol. The van der Waals surface area contributed by atoms with E-state index in [9.17, 15) is 4.79 Å². The largest absolute Gasteiger partial charge is 0.484 e. The van der Waals surface area contributed by atoms with Gasteiger partial charge in [-0.05, 0) is 31.4 Å². The zero-order valence-electron chi connectivity index (χ0n) is 11.4. The van der Waals surface area contributed by atoms with Crippen molar-refractivity contribution in [1.82, 2.24) is 0 Å². The highest BCUT2D eigenvalue weighted by Crippen LogP contribution is 2.31. The number of carbonyl (C=O) groups excluding carboxylic acids is 1. The number of benzene rings is 1. The highest BCUT2D eigenvalue weighted by Gasteiger charge is 2.19. The molecule has 0 bridgehead atoms. The minimum absolute atomic E-state index is 0.0823. The van der Waals surface area contributed by atoms with Gasteiger partial charge < -0.3 is 15.8 Å². The van der Waals surface area contributed by atoms with Crippen LogP contribution < -0.4 is 15.8 Å². The van der Waals surface area contributed by atoms with E-state index in [0.717, 1.165) is 11.6 Å². The zero-order chi connectivity index (χ0) is 13.7. The number of ether oxygens (including phenoxy) is 1. The number of hydrogen-bond acceptors (Lipinski definition) is 3. The third kappa shape index (κ3) is 4.47. The number of rotatable bonds is 7. The molecule has 1 aliphatic carbocycles. The Balaban J connectivity index is 1.84. The van der Waals surface area contributed by atoms with Gasteiger partial charge in [-0.15, -0.1) is 0 Å². The fourth-order valence-electron chi connectivity index (χ4n) is 2.40. The summed E-state index contributed by atoms with van der Waals surface area (Å²) < 4.78 is 5.29. The first-order valence-electron chi connectivity index (χ1n) is 6.91. The van der Waals surface area contributed by atoms with E-state index in [2.05, 4.69) is 12.2 Å². The molecule has 1 aromatic rings. The molecule has 0 saturated heterocycles. The lowest BCUT2D eigenvalue weighted by atomic mass is 9.81. The number of anilines is 1. The molecule has 1 atom stereocenters. The maximum Gasteiger partial charge on any atom is 0.255 e. The van der Waals surface area contributed by atoms with Crippen LogP contribution in [0.2, 0.25) is 0 Å². The first-order chi connectivity index (χ1) is 9.13. The van der Waals surface area contributed by atoms with Crippen LogP contribution in [0.3, 0.4) is 0 Å². The minimum atomic E-state index is -0.461. The molecule has 0 aliphatic heterocycles. The van der Waals surface area contributed by atoms with Crippen LogP contribution in [0, 0.1) is 5.92 Å². The average molecular weight is 262 g/mol. The Labute approximate surface area is 114 Å². The van der Waals surface area contributed by atoms with Crippen molar-refractivity contribution in [2.45, 2.75) is 38.6 Å². The van der Waals surface area contributed by atoms with Crippen molar-refractivity contribution >= 4 is 11.6 Å².